The average molecular weight is 586 g/mol. The summed E-state index contributed by atoms with van der Waals surface area (Å²) in [4.78, 5) is 29.2. The number of methoxy groups -OCH3 is 1. The molecule has 40 heavy (non-hydrogen) atoms. The van der Waals surface area contributed by atoms with Gasteiger partial charge in [-0.25, -0.2) is 8.42 Å². The fourth-order valence-corrected chi connectivity index (χ4v) is 5.23. The molecule has 0 saturated heterocycles. The molecule has 2 amide bonds. The first kappa shape index (κ1) is 31.0. The standard InChI is InChI=1S/C30H36ClN3O5S/c1-5-22(2)32-30(36)28(18-23-11-7-6-8-12-23)33(20-24-13-9-16-27(17-24)39-3)29(35)21-34(40(4,37)38)26-15-10-14-25(31)19-26/h6-17,19,22,28H,5,18,20-21H2,1-4H3,(H,32,36). The third-order valence-corrected chi connectivity index (χ3v) is 7.91. The number of rotatable bonds is 13. The van der Waals surface area contributed by atoms with E-state index in [1.54, 1.807) is 43.5 Å². The van der Waals surface area contributed by atoms with Gasteiger partial charge in [-0.05, 0) is 54.8 Å². The summed E-state index contributed by atoms with van der Waals surface area (Å²) in [6.45, 7) is 3.42. The van der Waals surface area contributed by atoms with E-state index in [4.69, 9.17) is 16.3 Å². The lowest BCUT2D eigenvalue weighted by Gasteiger charge is -2.34. The second-order valence-electron chi connectivity index (χ2n) is 9.65. The third kappa shape index (κ3) is 8.72. The first-order valence-corrected chi connectivity index (χ1v) is 15.2. The highest BCUT2D eigenvalue weighted by Gasteiger charge is 2.33. The van der Waals surface area contributed by atoms with Crippen LogP contribution in [0.25, 0.3) is 0 Å². The number of hydrogen-bond donors (Lipinski definition) is 1. The van der Waals surface area contributed by atoms with Crippen molar-refractivity contribution in [2.45, 2.75) is 45.3 Å². The Labute approximate surface area is 241 Å². The molecule has 1 N–H and O–H groups in total. The number of benzene rings is 3. The SMILES string of the molecule is CCC(C)NC(=O)C(Cc1ccccc1)N(Cc1cccc(OC)c1)C(=O)CN(c1cccc(Cl)c1)S(C)(=O)=O. The fraction of sp³-hybridized carbons (Fsp3) is 0.333. The number of hydrogen-bond acceptors (Lipinski definition) is 5. The van der Waals surface area contributed by atoms with Gasteiger partial charge in [0.1, 0.15) is 18.3 Å². The number of carbonyl (C=O) groups is 2. The van der Waals surface area contributed by atoms with Crippen molar-refractivity contribution >= 4 is 39.1 Å². The van der Waals surface area contributed by atoms with Gasteiger partial charge in [-0.1, -0.05) is 67.1 Å². The molecule has 0 heterocycles. The largest absolute Gasteiger partial charge is 0.497 e. The maximum absolute atomic E-state index is 14.1. The number of amides is 2. The molecule has 0 fully saturated rings. The lowest BCUT2D eigenvalue weighted by atomic mass is 10.0. The van der Waals surface area contributed by atoms with E-state index in [9.17, 15) is 18.0 Å². The maximum atomic E-state index is 14.1. The van der Waals surface area contributed by atoms with Crippen molar-refractivity contribution in [1.82, 2.24) is 10.2 Å². The molecule has 0 saturated carbocycles. The van der Waals surface area contributed by atoms with Gasteiger partial charge in [-0.2, -0.15) is 0 Å². The third-order valence-electron chi connectivity index (χ3n) is 6.53. The van der Waals surface area contributed by atoms with Gasteiger partial charge >= 0.3 is 0 Å². The van der Waals surface area contributed by atoms with E-state index >= 15 is 0 Å². The van der Waals surface area contributed by atoms with Crippen LogP contribution in [0.1, 0.15) is 31.4 Å². The Kier molecular flexibility index (Phi) is 11.0. The lowest BCUT2D eigenvalue weighted by molar-refractivity contribution is -0.140. The Balaban J connectivity index is 2.07. The van der Waals surface area contributed by atoms with Crippen LogP contribution in [0, 0.1) is 0 Å². The van der Waals surface area contributed by atoms with Crippen molar-refractivity contribution in [2.24, 2.45) is 0 Å². The van der Waals surface area contributed by atoms with Gasteiger partial charge in [0.15, 0.2) is 0 Å². The molecule has 0 spiro atoms. The molecule has 3 aromatic rings. The highest BCUT2D eigenvalue weighted by Crippen LogP contribution is 2.24. The summed E-state index contributed by atoms with van der Waals surface area (Å²) in [5.74, 6) is -0.248. The average Bonchev–Trinajstić information content (AvgIpc) is 2.93. The molecule has 10 heteroatoms. The van der Waals surface area contributed by atoms with Crippen molar-refractivity contribution < 1.29 is 22.7 Å². The van der Waals surface area contributed by atoms with E-state index in [0.29, 0.717) is 17.2 Å². The van der Waals surface area contributed by atoms with Crippen LogP contribution >= 0.6 is 11.6 Å². The molecular weight excluding hydrogens is 550 g/mol. The first-order chi connectivity index (χ1) is 19.0. The van der Waals surface area contributed by atoms with Crippen LogP contribution in [-0.2, 0) is 32.6 Å². The molecular formula is C30H36ClN3O5S. The number of nitrogens with zero attached hydrogens (tertiary/aromatic N) is 2. The van der Waals surface area contributed by atoms with Crippen LogP contribution in [0.15, 0.2) is 78.9 Å². The quantitative estimate of drug-likeness (QED) is 0.314. The minimum Gasteiger partial charge on any atom is -0.497 e. The Morgan fingerprint density at radius 1 is 0.975 bits per heavy atom. The van der Waals surface area contributed by atoms with Crippen LogP contribution in [-0.4, -0.2) is 57.1 Å². The monoisotopic (exact) mass is 585 g/mol. The summed E-state index contributed by atoms with van der Waals surface area (Å²) in [5.41, 5.74) is 1.86. The predicted molar refractivity (Wildman–Crippen MR) is 159 cm³/mol. The van der Waals surface area contributed by atoms with Crippen LogP contribution in [0.3, 0.4) is 0 Å². The highest BCUT2D eigenvalue weighted by molar-refractivity contribution is 7.92. The van der Waals surface area contributed by atoms with E-state index < -0.39 is 28.5 Å². The van der Waals surface area contributed by atoms with E-state index in [1.807, 2.05) is 50.2 Å². The molecule has 0 bridgehead atoms. The smallest absolute Gasteiger partial charge is 0.244 e. The predicted octanol–water partition coefficient (Wildman–Crippen LogP) is 4.67. The topological polar surface area (TPSA) is 96.0 Å². The minimum absolute atomic E-state index is 0.0641. The molecule has 0 aliphatic heterocycles. The summed E-state index contributed by atoms with van der Waals surface area (Å²) >= 11 is 6.14. The number of ether oxygens (including phenoxy) is 1. The van der Waals surface area contributed by atoms with Crippen LogP contribution < -0.4 is 14.4 Å². The molecule has 0 radical (unpaired) electrons. The van der Waals surface area contributed by atoms with Crippen molar-refractivity contribution in [3.05, 3.63) is 95.0 Å². The maximum Gasteiger partial charge on any atom is 0.244 e. The summed E-state index contributed by atoms with van der Waals surface area (Å²) in [6.07, 6.45) is 1.99. The number of sulfonamides is 1. The van der Waals surface area contributed by atoms with Crippen LogP contribution in [0.5, 0.6) is 5.75 Å². The summed E-state index contributed by atoms with van der Waals surface area (Å²) in [6, 6.07) is 21.9. The highest BCUT2D eigenvalue weighted by atomic mass is 35.5. The number of nitrogens with one attached hydrogen (secondary N) is 1. The Hall–Kier alpha value is -3.56. The second-order valence-corrected chi connectivity index (χ2v) is 12.0. The zero-order chi connectivity index (χ0) is 29.3. The summed E-state index contributed by atoms with van der Waals surface area (Å²) in [7, 11) is -2.32. The molecule has 3 rings (SSSR count). The van der Waals surface area contributed by atoms with Gasteiger partial charge in [0.25, 0.3) is 0 Å². The number of halogens is 1. The molecule has 2 unspecified atom stereocenters. The van der Waals surface area contributed by atoms with Gasteiger partial charge in [-0.3, -0.25) is 13.9 Å². The Bertz CT molecular complexity index is 1400. The summed E-state index contributed by atoms with van der Waals surface area (Å²) in [5, 5.41) is 3.34. The molecule has 0 aliphatic carbocycles. The molecule has 8 nitrogen and oxygen atoms in total. The molecule has 2 atom stereocenters. The van der Waals surface area contributed by atoms with Gasteiger partial charge in [-0.15, -0.1) is 0 Å². The Morgan fingerprint density at radius 3 is 2.27 bits per heavy atom. The van der Waals surface area contributed by atoms with E-state index in [-0.39, 0.29) is 30.6 Å². The van der Waals surface area contributed by atoms with E-state index in [0.717, 1.165) is 21.7 Å². The molecule has 3 aromatic carbocycles. The van der Waals surface area contributed by atoms with Gasteiger partial charge in [0.2, 0.25) is 21.8 Å². The van der Waals surface area contributed by atoms with Gasteiger partial charge < -0.3 is 15.0 Å². The second kappa shape index (κ2) is 14.2. The van der Waals surface area contributed by atoms with Crippen molar-refractivity contribution in [2.75, 3.05) is 24.2 Å². The number of carbonyl (C=O) groups excluding carboxylic acids is 2. The fourth-order valence-electron chi connectivity index (χ4n) is 4.21. The first-order valence-electron chi connectivity index (χ1n) is 13.0. The molecule has 0 aliphatic rings. The van der Waals surface area contributed by atoms with Crippen LogP contribution in [0.4, 0.5) is 5.69 Å². The molecule has 214 valence electrons. The number of anilines is 1. The van der Waals surface area contributed by atoms with Crippen molar-refractivity contribution in [3.8, 4) is 5.75 Å². The zero-order valence-corrected chi connectivity index (χ0v) is 24.8. The van der Waals surface area contributed by atoms with E-state index in [2.05, 4.69) is 5.32 Å². The summed E-state index contributed by atoms with van der Waals surface area (Å²) < 4.78 is 32.0. The zero-order valence-electron chi connectivity index (χ0n) is 23.2. The minimum atomic E-state index is -3.87. The lowest BCUT2D eigenvalue weighted by Crippen LogP contribution is -2.54. The van der Waals surface area contributed by atoms with Crippen molar-refractivity contribution in [3.63, 3.8) is 0 Å². The van der Waals surface area contributed by atoms with Crippen molar-refractivity contribution in [1.29, 1.82) is 0 Å². The Morgan fingerprint density at radius 2 is 1.65 bits per heavy atom. The molecule has 0 aromatic heterocycles. The van der Waals surface area contributed by atoms with Gasteiger partial charge in [0, 0.05) is 24.0 Å². The normalized spacial score (nSPS) is 12.7. The van der Waals surface area contributed by atoms with E-state index in [1.165, 1.54) is 11.0 Å². The van der Waals surface area contributed by atoms with Gasteiger partial charge in [0.05, 0.1) is 19.1 Å². The van der Waals surface area contributed by atoms with Crippen LogP contribution in [0.2, 0.25) is 5.02 Å².